The van der Waals surface area contributed by atoms with Crippen molar-refractivity contribution in [2.45, 2.75) is 13.0 Å². The fraction of sp³-hybridized carbons (Fsp3) is 0.385. The van der Waals surface area contributed by atoms with E-state index in [0.29, 0.717) is 5.56 Å². The van der Waals surface area contributed by atoms with E-state index >= 15 is 0 Å². The highest BCUT2D eigenvalue weighted by atomic mass is 32.2. The van der Waals surface area contributed by atoms with Gasteiger partial charge in [0, 0.05) is 37.0 Å². The van der Waals surface area contributed by atoms with Crippen molar-refractivity contribution in [1.82, 2.24) is 19.1 Å². The lowest BCUT2D eigenvalue weighted by molar-refractivity contribution is 0.226. The van der Waals surface area contributed by atoms with Crippen LogP contribution < -0.4 is 10.3 Å². The Kier molecular flexibility index (Phi) is 5.05. The van der Waals surface area contributed by atoms with Crippen molar-refractivity contribution >= 4 is 11.0 Å². The number of aliphatic hydroxyl groups excluding tert-OH is 1. The Labute approximate surface area is 124 Å². The molecule has 0 amide bonds. The normalized spacial score (nSPS) is 14.0. The molecule has 0 fully saturated rings. The van der Waals surface area contributed by atoms with E-state index in [-0.39, 0.29) is 18.7 Å². The maximum absolute atomic E-state index is 12.3. The van der Waals surface area contributed by atoms with E-state index in [0.717, 1.165) is 5.69 Å². The number of hydrogen-bond acceptors (Lipinski definition) is 4. The van der Waals surface area contributed by atoms with Crippen molar-refractivity contribution in [2.24, 2.45) is 0 Å². The van der Waals surface area contributed by atoms with Gasteiger partial charge in [-0.15, -0.1) is 0 Å². The van der Waals surface area contributed by atoms with Gasteiger partial charge >= 0.3 is 0 Å². The van der Waals surface area contributed by atoms with Gasteiger partial charge in [0.2, 0.25) is 0 Å². The van der Waals surface area contributed by atoms with E-state index < -0.39 is 17.0 Å². The van der Waals surface area contributed by atoms with E-state index in [1.807, 2.05) is 0 Å². The third kappa shape index (κ3) is 3.66. The standard InChI is InChI=1S/C13H18N4O3S/c1-10-6-11(17-5-3-4-14-17)8-16(13(10)19)12(9-18)7-15-21(2)20/h3-6,8,12,15,18H,7,9H2,1-2H3. The molecule has 0 bridgehead atoms. The van der Waals surface area contributed by atoms with E-state index in [2.05, 4.69) is 9.82 Å². The summed E-state index contributed by atoms with van der Waals surface area (Å²) in [6.07, 6.45) is 6.57. The monoisotopic (exact) mass is 310 g/mol. The van der Waals surface area contributed by atoms with Crippen molar-refractivity contribution in [2.75, 3.05) is 19.4 Å². The van der Waals surface area contributed by atoms with Crippen LogP contribution in [0.25, 0.3) is 5.69 Å². The average molecular weight is 310 g/mol. The lowest BCUT2D eigenvalue weighted by Crippen LogP contribution is -2.35. The van der Waals surface area contributed by atoms with E-state index in [4.69, 9.17) is 0 Å². The molecule has 2 aromatic heterocycles. The zero-order valence-electron chi connectivity index (χ0n) is 11.9. The van der Waals surface area contributed by atoms with E-state index in [1.54, 1.807) is 42.3 Å². The average Bonchev–Trinajstić information content (AvgIpc) is 2.97. The van der Waals surface area contributed by atoms with Crippen LogP contribution in [0.2, 0.25) is 0 Å². The minimum atomic E-state index is -1.20. The number of aryl methyl sites for hydroxylation is 1. The van der Waals surface area contributed by atoms with Gasteiger partial charge in [-0.3, -0.25) is 4.79 Å². The molecule has 0 aliphatic heterocycles. The highest BCUT2D eigenvalue weighted by Crippen LogP contribution is 2.10. The highest BCUT2D eigenvalue weighted by Gasteiger charge is 2.14. The number of pyridine rings is 1. The lowest BCUT2D eigenvalue weighted by atomic mass is 10.2. The Morgan fingerprint density at radius 2 is 2.29 bits per heavy atom. The molecule has 0 radical (unpaired) electrons. The smallest absolute Gasteiger partial charge is 0.253 e. The number of nitrogens with one attached hydrogen (secondary N) is 1. The Morgan fingerprint density at radius 3 is 2.86 bits per heavy atom. The fourth-order valence-electron chi connectivity index (χ4n) is 2.01. The van der Waals surface area contributed by atoms with Gasteiger partial charge in [-0.05, 0) is 19.1 Å². The summed E-state index contributed by atoms with van der Waals surface area (Å²) in [7, 11) is -1.20. The van der Waals surface area contributed by atoms with Gasteiger partial charge in [0.05, 0.1) is 29.3 Å². The predicted octanol–water partition coefficient (Wildman–Crippen LogP) is -0.241. The molecule has 2 atom stereocenters. The van der Waals surface area contributed by atoms with Crippen molar-refractivity contribution in [3.63, 3.8) is 0 Å². The van der Waals surface area contributed by atoms with Crippen LogP contribution in [0.1, 0.15) is 11.6 Å². The molecule has 0 aromatic carbocycles. The number of rotatable bonds is 6. The van der Waals surface area contributed by atoms with Crippen LogP contribution in [0.3, 0.4) is 0 Å². The van der Waals surface area contributed by atoms with E-state index in [9.17, 15) is 14.1 Å². The van der Waals surface area contributed by atoms with Crippen LogP contribution in [0.5, 0.6) is 0 Å². The maximum Gasteiger partial charge on any atom is 0.253 e. The second-order valence-electron chi connectivity index (χ2n) is 4.68. The minimum Gasteiger partial charge on any atom is -0.394 e. The zero-order valence-corrected chi connectivity index (χ0v) is 12.7. The molecule has 2 unspecified atom stereocenters. The van der Waals surface area contributed by atoms with Gasteiger partial charge in [-0.1, -0.05) is 0 Å². The van der Waals surface area contributed by atoms with Gasteiger partial charge < -0.3 is 9.67 Å². The third-order valence-corrected chi connectivity index (χ3v) is 3.68. The predicted molar refractivity (Wildman–Crippen MR) is 80.8 cm³/mol. The van der Waals surface area contributed by atoms with Gasteiger partial charge in [0.1, 0.15) is 0 Å². The summed E-state index contributed by atoms with van der Waals surface area (Å²) in [5.74, 6) is 0. The first-order valence-electron chi connectivity index (χ1n) is 6.43. The molecule has 0 saturated heterocycles. The highest BCUT2D eigenvalue weighted by molar-refractivity contribution is 7.82. The number of aromatic nitrogens is 3. The molecule has 0 aliphatic rings. The molecule has 0 aliphatic carbocycles. The van der Waals surface area contributed by atoms with Crippen LogP contribution >= 0.6 is 0 Å². The second-order valence-corrected chi connectivity index (χ2v) is 5.88. The van der Waals surface area contributed by atoms with Gasteiger partial charge in [0.15, 0.2) is 0 Å². The minimum absolute atomic E-state index is 0.186. The molecular weight excluding hydrogens is 292 g/mol. The molecule has 0 saturated carbocycles. The molecular formula is C13H18N4O3S. The summed E-state index contributed by atoms with van der Waals surface area (Å²) in [5, 5.41) is 13.6. The van der Waals surface area contributed by atoms with Gasteiger partial charge in [-0.2, -0.15) is 5.10 Å². The summed E-state index contributed by atoms with van der Waals surface area (Å²) in [6, 6.07) is 3.04. The molecule has 7 nitrogen and oxygen atoms in total. The van der Waals surface area contributed by atoms with Gasteiger partial charge in [0.25, 0.3) is 5.56 Å². The summed E-state index contributed by atoms with van der Waals surface area (Å²) in [6.45, 7) is 1.72. The molecule has 114 valence electrons. The molecule has 2 N–H and O–H groups in total. The van der Waals surface area contributed by atoms with Crippen molar-refractivity contribution in [3.8, 4) is 5.69 Å². The van der Waals surface area contributed by atoms with Gasteiger partial charge in [-0.25, -0.2) is 13.6 Å². The summed E-state index contributed by atoms with van der Waals surface area (Å²) in [5.41, 5.74) is 1.10. The molecule has 0 spiro atoms. The Bertz CT molecular complexity index is 681. The van der Waals surface area contributed by atoms with Crippen molar-refractivity contribution < 1.29 is 9.32 Å². The molecule has 2 rings (SSSR count). The SMILES string of the molecule is Cc1cc(-n2cccn2)cn(C(CO)CNS(C)=O)c1=O. The summed E-state index contributed by atoms with van der Waals surface area (Å²) in [4.78, 5) is 12.3. The van der Waals surface area contributed by atoms with Crippen LogP contribution in [0.4, 0.5) is 0 Å². The summed E-state index contributed by atoms with van der Waals surface area (Å²) < 4.78 is 16.9. The van der Waals surface area contributed by atoms with E-state index in [1.165, 1.54) is 10.8 Å². The zero-order chi connectivity index (χ0) is 15.4. The molecule has 21 heavy (non-hydrogen) atoms. The molecule has 2 aromatic rings. The first-order valence-corrected chi connectivity index (χ1v) is 7.99. The Morgan fingerprint density at radius 1 is 1.52 bits per heavy atom. The molecule has 8 heteroatoms. The molecule has 2 heterocycles. The maximum atomic E-state index is 12.3. The number of nitrogens with zero attached hydrogens (tertiary/aromatic N) is 3. The summed E-state index contributed by atoms with van der Waals surface area (Å²) >= 11 is 0. The fourth-order valence-corrected chi connectivity index (χ4v) is 2.44. The number of hydrogen-bond donors (Lipinski definition) is 2. The Hall–Kier alpha value is -1.77. The van der Waals surface area contributed by atoms with Crippen molar-refractivity contribution in [1.29, 1.82) is 0 Å². The van der Waals surface area contributed by atoms with Crippen LogP contribution in [-0.2, 0) is 11.0 Å². The number of aliphatic hydroxyl groups is 1. The second kappa shape index (κ2) is 6.79. The topological polar surface area (TPSA) is 89.2 Å². The first-order chi connectivity index (χ1) is 10.0. The third-order valence-electron chi connectivity index (χ3n) is 3.10. The quantitative estimate of drug-likeness (QED) is 0.770. The van der Waals surface area contributed by atoms with Crippen LogP contribution in [0.15, 0.2) is 35.5 Å². The largest absolute Gasteiger partial charge is 0.394 e. The van der Waals surface area contributed by atoms with Crippen LogP contribution in [-0.4, -0.2) is 43.1 Å². The lowest BCUT2D eigenvalue weighted by Gasteiger charge is -2.19. The Balaban J connectivity index is 2.41. The van der Waals surface area contributed by atoms with Crippen LogP contribution in [0, 0.1) is 6.92 Å². The van der Waals surface area contributed by atoms with Crippen molar-refractivity contribution in [3.05, 3.63) is 46.6 Å². The first kappa shape index (κ1) is 15.6.